The largest absolute Gasteiger partial charge is 0.385 e. The van der Waals surface area contributed by atoms with Gasteiger partial charge in [-0.2, -0.15) is 0 Å². The number of hydrogen-bond donors (Lipinski definition) is 0. The standard InChI is InChI=1S/C11H20O3/c1-13-9-5-6-10(12)11(14-2)7-3-4-8-11/h3-9H2,1-2H3. The van der Waals surface area contributed by atoms with Crippen LogP contribution >= 0.6 is 0 Å². The Labute approximate surface area is 85.8 Å². The summed E-state index contributed by atoms with van der Waals surface area (Å²) >= 11 is 0. The zero-order valence-electron chi connectivity index (χ0n) is 9.17. The van der Waals surface area contributed by atoms with E-state index in [-0.39, 0.29) is 5.78 Å². The summed E-state index contributed by atoms with van der Waals surface area (Å²) in [5.74, 6) is 0.259. The lowest BCUT2D eigenvalue weighted by Gasteiger charge is -2.25. The van der Waals surface area contributed by atoms with Gasteiger partial charge >= 0.3 is 0 Å². The van der Waals surface area contributed by atoms with Crippen molar-refractivity contribution in [1.82, 2.24) is 0 Å². The first-order valence-electron chi connectivity index (χ1n) is 5.32. The third kappa shape index (κ3) is 2.55. The van der Waals surface area contributed by atoms with E-state index in [0.29, 0.717) is 13.0 Å². The third-order valence-electron chi connectivity index (χ3n) is 3.06. The first kappa shape index (κ1) is 11.7. The monoisotopic (exact) mass is 200 g/mol. The fraction of sp³-hybridized carbons (Fsp3) is 0.909. The number of carbonyl (C=O) groups excluding carboxylic acids is 1. The van der Waals surface area contributed by atoms with Gasteiger partial charge in [0.25, 0.3) is 0 Å². The molecule has 1 aliphatic carbocycles. The highest BCUT2D eigenvalue weighted by Crippen LogP contribution is 2.34. The van der Waals surface area contributed by atoms with Crippen LogP contribution < -0.4 is 0 Å². The number of rotatable bonds is 6. The van der Waals surface area contributed by atoms with Gasteiger partial charge < -0.3 is 9.47 Å². The average molecular weight is 200 g/mol. The molecule has 1 fully saturated rings. The molecule has 0 atom stereocenters. The maximum Gasteiger partial charge on any atom is 0.164 e. The van der Waals surface area contributed by atoms with Crippen LogP contribution in [-0.4, -0.2) is 32.2 Å². The van der Waals surface area contributed by atoms with Crippen molar-refractivity contribution in [1.29, 1.82) is 0 Å². The SMILES string of the molecule is COCCCC(=O)C1(OC)CCCC1. The Kier molecular flexibility index (Phi) is 4.55. The number of methoxy groups -OCH3 is 2. The fourth-order valence-corrected chi connectivity index (χ4v) is 2.15. The van der Waals surface area contributed by atoms with Crippen molar-refractivity contribution in [2.75, 3.05) is 20.8 Å². The Bertz CT molecular complexity index is 183. The van der Waals surface area contributed by atoms with Gasteiger partial charge in [0.05, 0.1) is 0 Å². The second-order valence-corrected chi connectivity index (χ2v) is 3.93. The first-order chi connectivity index (χ1) is 6.75. The van der Waals surface area contributed by atoms with Crippen LogP contribution in [0.25, 0.3) is 0 Å². The lowest BCUT2D eigenvalue weighted by Crippen LogP contribution is -2.37. The Morgan fingerprint density at radius 2 is 1.93 bits per heavy atom. The summed E-state index contributed by atoms with van der Waals surface area (Å²) in [5, 5.41) is 0. The highest BCUT2D eigenvalue weighted by molar-refractivity contribution is 5.87. The molecular formula is C11H20O3. The van der Waals surface area contributed by atoms with Crippen molar-refractivity contribution < 1.29 is 14.3 Å². The normalized spacial score (nSPS) is 19.9. The molecule has 3 nitrogen and oxygen atoms in total. The predicted molar refractivity (Wildman–Crippen MR) is 54.3 cm³/mol. The van der Waals surface area contributed by atoms with Gasteiger partial charge in [0.15, 0.2) is 5.78 Å². The van der Waals surface area contributed by atoms with Gasteiger partial charge in [0, 0.05) is 27.2 Å². The third-order valence-corrected chi connectivity index (χ3v) is 3.06. The zero-order valence-corrected chi connectivity index (χ0v) is 9.17. The van der Waals surface area contributed by atoms with Crippen LogP contribution in [0.15, 0.2) is 0 Å². The molecule has 0 heterocycles. The molecule has 0 radical (unpaired) electrons. The summed E-state index contributed by atoms with van der Waals surface area (Å²) in [5.41, 5.74) is -0.451. The molecule has 0 amide bonds. The van der Waals surface area contributed by atoms with Crippen LogP contribution in [0.4, 0.5) is 0 Å². The highest BCUT2D eigenvalue weighted by atomic mass is 16.5. The van der Waals surface area contributed by atoms with Crippen molar-refractivity contribution in [2.45, 2.75) is 44.1 Å². The van der Waals surface area contributed by atoms with E-state index in [9.17, 15) is 4.79 Å². The summed E-state index contributed by atoms with van der Waals surface area (Å²) in [6.07, 6.45) is 5.42. The van der Waals surface area contributed by atoms with Crippen LogP contribution in [0, 0.1) is 0 Å². The summed E-state index contributed by atoms with van der Waals surface area (Å²) in [6, 6.07) is 0. The summed E-state index contributed by atoms with van der Waals surface area (Å²) in [6.45, 7) is 0.658. The maximum absolute atomic E-state index is 11.9. The number of carbonyl (C=O) groups is 1. The van der Waals surface area contributed by atoms with Gasteiger partial charge in [-0.1, -0.05) is 0 Å². The molecule has 0 aliphatic heterocycles. The molecule has 82 valence electrons. The van der Waals surface area contributed by atoms with Crippen LogP contribution in [0.1, 0.15) is 38.5 Å². The molecular weight excluding hydrogens is 180 g/mol. The molecule has 1 saturated carbocycles. The molecule has 0 aromatic carbocycles. The molecule has 0 spiro atoms. The van der Waals surface area contributed by atoms with E-state index in [4.69, 9.17) is 9.47 Å². The predicted octanol–water partition coefficient (Wildman–Crippen LogP) is 1.94. The lowest BCUT2D eigenvalue weighted by molar-refractivity contribution is -0.140. The lowest BCUT2D eigenvalue weighted by atomic mass is 9.93. The summed E-state index contributed by atoms with van der Waals surface area (Å²) < 4.78 is 10.3. The molecule has 0 bridgehead atoms. The summed E-state index contributed by atoms with van der Waals surface area (Å²) in [4.78, 5) is 11.9. The minimum absolute atomic E-state index is 0.259. The molecule has 1 rings (SSSR count). The minimum atomic E-state index is -0.451. The van der Waals surface area contributed by atoms with Gasteiger partial charge in [-0.15, -0.1) is 0 Å². The van der Waals surface area contributed by atoms with Crippen LogP contribution in [0.2, 0.25) is 0 Å². The molecule has 0 aromatic rings. The second kappa shape index (κ2) is 5.47. The number of hydrogen-bond acceptors (Lipinski definition) is 3. The van der Waals surface area contributed by atoms with Gasteiger partial charge in [-0.3, -0.25) is 4.79 Å². The van der Waals surface area contributed by atoms with Gasteiger partial charge in [0.1, 0.15) is 5.60 Å². The van der Waals surface area contributed by atoms with Crippen LogP contribution in [-0.2, 0) is 14.3 Å². The van der Waals surface area contributed by atoms with Crippen molar-refractivity contribution in [3.05, 3.63) is 0 Å². The quantitative estimate of drug-likeness (QED) is 0.615. The topological polar surface area (TPSA) is 35.5 Å². The fourth-order valence-electron chi connectivity index (χ4n) is 2.15. The Morgan fingerprint density at radius 3 is 2.43 bits per heavy atom. The van der Waals surface area contributed by atoms with Crippen molar-refractivity contribution in [3.63, 3.8) is 0 Å². The number of ketones is 1. The first-order valence-corrected chi connectivity index (χ1v) is 5.32. The summed E-state index contributed by atoms with van der Waals surface area (Å²) in [7, 11) is 3.31. The molecule has 0 unspecified atom stereocenters. The average Bonchev–Trinajstić information content (AvgIpc) is 2.67. The van der Waals surface area contributed by atoms with Crippen molar-refractivity contribution in [2.24, 2.45) is 0 Å². The van der Waals surface area contributed by atoms with E-state index < -0.39 is 5.60 Å². The molecule has 3 heteroatoms. The highest BCUT2D eigenvalue weighted by Gasteiger charge is 2.40. The number of ether oxygens (including phenoxy) is 2. The molecule has 1 aliphatic rings. The van der Waals surface area contributed by atoms with Crippen LogP contribution in [0.5, 0.6) is 0 Å². The zero-order chi connectivity index (χ0) is 10.4. The van der Waals surface area contributed by atoms with E-state index in [1.54, 1.807) is 14.2 Å². The number of Topliss-reactive ketones (excluding diaryl/α,β-unsaturated/α-hetero) is 1. The smallest absolute Gasteiger partial charge is 0.164 e. The molecule has 0 aromatic heterocycles. The second-order valence-electron chi connectivity index (χ2n) is 3.93. The molecule has 0 saturated heterocycles. The molecule has 0 N–H and O–H groups in total. The minimum Gasteiger partial charge on any atom is -0.385 e. The van der Waals surface area contributed by atoms with E-state index in [2.05, 4.69) is 0 Å². The van der Waals surface area contributed by atoms with Crippen LogP contribution in [0.3, 0.4) is 0 Å². The van der Waals surface area contributed by atoms with Gasteiger partial charge in [0.2, 0.25) is 0 Å². The maximum atomic E-state index is 11.9. The van der Waals surface area contributed by atoms with E-state index in [1.807, 2.05) is 0 Å². The van der Waals surface area contributed by atoms with E-state index in [1.165, 1.54) is 0 Å². The van der Waals surface area contributed by atoms with Gasteiger partial charge in [-0.05, 0) is 32.1 Å². The van der Waals surface area contributed by atoms with Crippen molar-refractivity contribution in [3.8, 4) is 0 Å². The Hall–Kier alpha value is -0.410. The Balaban J connectivity index is 2.40. The Morgan fingerprint density at radius 1 is 1.29 bits per heavy atom. The van der Waals surface area contributed by atoms with E-state index in [0.717, 1.165) is 32.1 Å². The van der Waals surface area contributed by atoms with Crippen molar-refractivity contribution >= 4 is 5.78 Å². The van der Waals surface area contributed by atoms with E-state index >= 15 is 0 Å². The molecule has 14 heavy (non-hydrogen) atoms. The van der Waals surface area contributed by atoms with Gasteiger partial charge in [-0.25, -0.2) is 0 Å².